The maximum absolute atomic E-state index is 13.3. The second-order valence-electron chi connectivity index (χ2n) is 4.59. The monoisotopic (exact) mass is 309 g/mol. The van der Waals surface area contributed by atoms with Gasteiger partial charge in [0.1, 0.15) is 12.1 Å². The van der Waals surface area contributed by atoms with Crippen molar-refractivity contribution < 1.29 is 9.18 Å². The number of nitrogens with one attached hydrogen (secondary N) is 2. The third-order valence-electron chi connectivity index (χ3n) is 2.73. The zero-order valence-corrected chi connectivity index (χ0v) is 12.6. The van der Waals surface area contributed by atoms with Crippen LogP contribution in [0.4, 0.5) is 16.3 Å². The summed E-state index contributed by atoms with van der Waals surface area (Å²) in [5.74, 6) is 0.193. The highest BCUT2D eigenvalue weighted by Gasteiger charge is 2.09. The van der Waals surface area contributed by atoms with Gasteiger partial charge < -0.3 is 5.32 Å². The Morgan fingerprint density at radius 3 is 2.86 bits per heavy atom. The molecule has 1 unspecified atom stereocenters. The molecule has 8 heteroatoms. The highest BCUT2D eigenvalue weighted by atomic mass is 32.1. The molecule has 6 nitrogen and oxygen atoms in total. The average molecular weight is 309 g/mol. The first-order valence-electron chi connectivity index (χ1n) is 6.49. The van der Waals surface area contributed by atoms with Gasteiger partial charge in [-0.3, -0.25) is 10.1 Å². The number of aromatic nitrogens is 3. The predicted molar refractivity (Wildman–Crippen MR) is 79.8 cm³/mol. The quantitative estimate of drug-likeness (QED) is 0.857. The number of hydrogen-bond acceptors (Lipinski definition) is 6. The van der Waals surface area contributed by atoms with Crippen LogP contribution >= 0.6 is 11.3 Å². The summed E-state index contributed by atoms with van der Waals surface area (Å²) in [6.07, 6.45) is 2.73. The summed E-state index contributed by atoms with van der Waals surface area (Å²) < 4.78 is 13.3. The van der Waals surface area contributed by atoms with Crippen molar-refractivity contribution in [2.45, 2.75) is 32.7 Å². The Bertz CT molecular complexity index is 618. The van der Waals surface area contributed by atoms with Crippen molar-refractivity contribution in [1.29, 1.82) is 0 Å². The Labute approximate surface area is 125 Å². The molecule has 2 aromatic rings. The van der Waals surface area contributed by atoms with Crippen LogP contribution in [0.15, 0.2) is 17.8 Å². The number of nitrogens with zero attached hydrogens (tertiary/aromatic N) is 3. The number of hydrogen-bond donors (Lipinski definition) is 2. The van der Waals surface area contributed by atoms with Gasteiger partial charge in [0.2, 0.25) is 17.8 Å². The lowest BCUT2D eigenvalue weighted by Gasteiger charge is -2.13. The van der Waals surface area contributed by atoms with Gasteiger partial charge in [0.05, 0.1) is 0 Å². The van der Waals surface area contributed by atoms with Crippen molar-refractivity contribution >= 4 is 29.1 Å². The van der Waals surface area contributed by atoms with Crippen LogP contribution in [0.5, 0.6) is 0 Å². The predicted octanol–water partition coefficient (Wildman–Crippen LogP) is 2.46. The molecule has 2 aromatic heterocycles. The lowest BCUT2D eigenvalue weighted by molar-refractivity contribution is -0.114. The summed E-state index contributed by atoms with van der Waals surface area (Å²) in [6.45, 7) is 3.35. The summed E-state index contributed by atoms with van der Waals surface area (Å²) in [6, 6.07) is 1.54. The van der Waals surface area contributed by atoms with Gasteiger partial charge in [-0.15, -0.1) is 11.3 Å². The van der Waals surface area contributed by atoms with E-state index >= 15 is 0 Å². The standard InChI is InChI=1S/C13H16FN5OS/c1-8(3-4-11-10(14)5-6-21-11)17-12-15-7-16-13(19-12)18-9(2)20/h5-8H,3-4H2,1-2H3,(H2,15,16,17,18,19,20). The van der Waals surface area contributed by atoms with Gasteiger partial charge in [-0.1, -0.05) is 0 Å². The molecule has 2 heterocycles. The summed E-state index contributed by atoms with van der Waals surface area (Å²) >= 11 is 1.42. The number of rotatable bonds is 6. The van der Waals surface area contributed by atoms with E-state index < -0.39 is 0 Å². The molecule has 0 spiro atoms. The molecule has 112 valence electrons. The molecule has 0 bridgehead atoms. The van der Waals surface area contributed by atoms with Crippen LogP contribution in [-0.2, 0) is 11.2 Å². The maximum atomic E-state index is 13.3. The Kier molecular flexibility index (Phi) is 5.15. The van der Waals surface area contributed by atoms with E-state index in [9.17, 15) is 9.18 Å². The Morgan fingerprint density at radius 1 is 1.43 bits per heavy atom. The largest absolute Gasteiger partial charge is 0.352 e. The SMILES string of the molecule is CC(=O)Nc1ncnc(NC(C)CCc2sccc2F)n1. The first kappa shape index (κ1) is 15.3. The molecule has 0 aliphatic rings. The van der Waals surface area contributed by atoms with E-state index in [1.54, 1.807) is 5.38 Å². The highest BCUT2D eigenvalue weighted by Crippen LogP contribution is 2.18. The molecular formula is C13H16FN5OS. The molecule has 0 saturated carbocycles. The van der Waals surface area contributed by atoms with E-state index in [1.807, 2.05) is 6.92 Å². The minimum absolute atomic E-state index is 0.0686. The van der Waals surface area contributed by atoms with Crippen LogP contribution in [0.1, 0.15) is 25.1 Å². The number of amides is 1. The van der Waals surface area contributed by atoms with Gasteiger partial charge in [0.15, 0.2) is 0 Å². The van der Waals surface area contributed by atoms with Crippen molar-refractivity contribution in [2.75, 3.05) is 10.6 Å². The van der Waals surface area contributed by atoms with E-state index in [2.05, 4.69) is 25.6 Å². The number of anilines is 2. The molecule has 0 aromatic carbocycles. The van der Waals surface area contributed by atoms with Crippen LogP contribution in [0.25, 0.3) is 0 Å². The van der Waals surface area contributed by atoms with Gasteiger partial charge in [0, 0.05) is 17.8 Å². The smallest absolute Gasteiger partial charge is 0.234 e. The fourth-order valence-corrected chi connectivity index (χ4v) is 2.50. The van der Waals surface area contributed by atoms with Crippen molar-refractivity contribution in [2.24, 2.45) is 0 Å². The van der Waals surface area contributed by atoms with Gasteiger partial charge >= 0.3 is 0 Å². The minimum atomic E-state index is -0.242. The number of thiophene rings is 1. The molecule has 21 heavy (non-hydrogen) atoms. The van der Waals surface area contributed by atoms with Crippen molar-refractivity contribution in [3.8, 4) is 0 Å². The minimum Gasteiger partial charge on any atom is -0.352 e. The Hall–Kier alpha value is -2.09. The van der Waals surface area contributed by atoms with Gasteiger partial charge in [-0.05, 0) is 31.2 Å². The number of halogens is 1. The molecule has 1 amide bonds. The van der Waals surface area contributed by atoms with E-state index in [-0.39, 0.29) is 23.7 Å². The second-order valence-corrected chi connectivity index (χ2v) is 5.59. The van der Waals surface area contributed by atoms with Crippen LogP contribution < -0.4 is 10.6 Å². The van der Waals surface area contributed by atoms with Crippen LogP contribution in [0.2, 0.25) is 0 Å². The molecule has 1 atom stereocenters. The second kappa shape index (κ2) is 7.07. The Morgan fingerprint density at radius 2 is 2.19 bits per heavy atom. The van der Waals surface area contributed by atoms with Crippen LogP contribution in [0.3, 0.4) is 0 Å². The first-order chi connectivity index (χ1) is 10.0. The van der Waals surface area contributed by atoms with E-state index in [0.717, 1.165) is 11.3 Å². The van der Waals surface area contributed by atoms with Crippen molar-refractivity contribution in [3.05, 3.63) is 28.5 Å². The van der Waals surface area contributed by atoms with E-state index in [4.69, 9.17) is 0 Å². The third-order valence-corrected chi connectivity index (χ3v) is 3.69. The number of carbonyl (C=O) groups excluding carboxylic acids is 1. The normalized spacial score (nSPS) is 12.0. The van der Waals surface area contributed by atoms with Crippen molar-refractivity contribution in [3.63, 3.8) is 0 Å². The maximum Gasteiger partial charge on any atom is 0.234 e. The molecular weight excluding hydrogens is 293 g/mol. The molecule has 2 N–H and O–H groups in total. The van der Waals surface area contributed by atoms with Gasteiger partial charge in [-0.2, -0.15) is 4.98 Å². The van der Waals surface area contributed by atoms with Crippen LogP contribution in [-0.4, -0.2) is 26.9 Å². The van der Waals surface area contributed by atoms with Gasteiger partial charge in [-0.25, -0.2) is 14.4 Å². The Balaban J connectivity index is 1.88. The fraction of sp³-hybridized carbons (Fsp3) is 0.385. The molecule has 0 fully saturated rings. The molecule has 0 radical (unpaired) electrons. The van der Waals surface area contributed by atoms with Crippen LogP contribution in [0, 0.1) is 5.82 Å². The molecule has 0 saturated heterocycles. The summed E-state index contributed by atoms with van der Waals surface area (Å²) in [5.41, 5.74) is 0. The van der Waals surface area contributed by atoms with Crippen molar-refractivity contribution in [1.82, 2.24) is 15.0 Å². The first-order valence-corrected chi connectivity index (χ1v) is 7.37. The van der Waals surface area contributed by atoms with E-state index in [0.29, 0.717) is 12.4 Å². The zero-order valence-electron chi connectivity index (χ0n) is 11.8. The molecule has 2 rings (SSSR count). The lowest BCUT2D eigenvalue weighted by Crippen LogP contribution is -2.19. The van der Waals surface area contributed by atoms with Gasteiger partial charge in [0.25, 0.3) is 0 Å². The molecule has 0 aliphatic heterocycles. The zero-order chi connectivity index (χ0) is 15.2. The highest BCUT2D eigenvalue weighted by molar-refractivity contribution is 7.09. The number of aryl methyl sites for hydroxylation is 1. The third kappa shape index (κ3) is 4.75. The lowest BCUT2D eigenvalue weighted by atomic mass is 10.1. The molecule has 0 aliphatic carbocycles. The summed E-state index contributed by atoms with van der Waals surface area (Å²) in [4.78, 5) is 23.6. The summed E-state index contributed by atoms with van der Waals surface area (Å²) in [5, 5.41) is 7.34. The fourth-order valence-electron chi connectivity index (χ4n) is 1.73. The van der Waals surface area contributed by atoms with E-state index in [1.165, 1.54) is 30.7 Å². The summed E-state index contributed by atoms with van der Waals surface area (Å²) in [7, 11) is 0. The average Bonchev–Trinajstić information content (AvgIpc) is 2.81. The topological polar surface area (TPSA) is 79.8 Å². The number of carbonyl (C=O) groups is 1.